The van der Waals surface area contributed by atoms with E-state index in [-0.39, 0.29) is 11.3 Å². The summed E-state index contributed by atoms with van der Waals surface area (Å²) >= 11 is 0. The van der Waals surface area contributed by atoms with Crippen molar-refractivity contribution in [1.82, 2.24) is 20.4 Å². The van der Waals surface area contributed by atoms with E-state index in [9.17, 15) is 4.79 Å². The van der Waals surface area contributed by atoms with Gasteiger partial charge in [0.15, 0.2) is 0 Å². The van der Waals surface area contributed by atoms with E-state index in [1.807, 2.05) is 11.0 Å². The highest BCUT2D eigenvalue weighted by molar-refractivity contribution is 5.92. The molecule has 1 fully saturated rings. The van der Waals surface area contributed by atoms with Crippen molar-refractivity contribution in [3.63, 3.8) is 0 Å². The second kappa shape index (κ2) is 4.49. The van der Waals surface area contributed by atoms with Gasteiger partial charge in [-0.2, -0.15) is 5.10 Å². The number of hydrogen-bond acceptors (Lipinski definition) is 3. The smallest absolute Gasteiger partial charge is 0.274 e. The van der Waals surface area contributed by atoms with Gasteiger partial charge in [-0.25, -0.2) is 0 Å². The number of rotatable bonds is 1. The normalized spacial score (nSPS) is 17.2. The lowest BCUT2D eigenvalue weighted by Crippen LogP contribution is -2.46. The average Bonchev–Trinajstić information content (AvgIpc) is 2.78. The number of nitrogens with one attached hydrogen (secondary N) is 2. The fourth-order valence-electron chi connectivity index (χ4n) is 1.85. The molecule has 2 rings (SSSR count). The third kappa shape index (κ3) is 2.66. The molecule has 1 amide bonds. The van der Waals surface area contributed by atoms with Crippen LogP contribution in [0.1, 0.15) is 37.0 Å². The predicted molar refractivity (Wildman–Crippen MR) is 66.1 cm³/mol. The van der Waals surface area contributed by atoms with Gasteiger partial charge >= 0.3 is 0 Å². The second-order valence-electron chi connectivity index (χ2n) is 5.46. The first-order chi connectivity index (χ1) is 7.98. The molecule has 0 radical (unpaired) electrons. The van der Waals surface area contributed by atoms with E-state index in [0.29, 0.717) is 5.69 Å². The maximum atomic E-state index is 12.2. The first kappa shape index (κ1) is 12.1. The molecule has 17 heavy (non-hydrogen) atoms. The molecule has 0 aliphatic carbocycles. The van der Waals surface area contributed by atoms with Crippen molar-refractivity contribution in [2.24, 2.45) is 0 Å². The van der Waals surface area contributed by atoms with Crippen LogP contribution in [-0.2, 0) is 5.41 Å². The first-order valence-electron chi connectivity index (χ1n) is 6.04. The van der Waals surface area contributed by atoms with Gasteiger partial charge in [0.1, 0.15) is 5.69 Å². The summed E-state index contributed by atoms with van der Waals surface area (Å²) in [6, 6.07) is 1.87. The van der Waals surface area contributed by atoms with Crippen LogP contribution in [0.15, 0.2) is 6.07 Å². The molecule has 0 atom stereocenters. The molecule has 2 heterocycles. The van der Waals surface area contributed by atoms with Gasteiger partial charge < -0.3 is 10.2 Å². The lowest BCUT2D eigenvalue weighted by molar-refractivity contribution is 0.0730. The Morgan fingerprint density at radius 1 is 1.35 bits per heavy atom. The summed E-state index contributed by atoms with van der Waals surface area (Å²) in [6.07, 6.45) is 0. The van der Waals surface area contributed by atoms with Crippen LogP contribution in [0.25, 0.3) is 0 Å². The molecule has 0 bridgehead atoms. The number of H-pyrrole nitrogens is 1. The second-order valence-corrected chi connectivity index (χ2v) is 5.46. The lowest BCUT2D eigenvalue weighted by atomic mass is 9.92. The minimum atomic E-state index is -0.00498. The van der Waals surface area contributed by atoms with Crippen LogP contribution >= 0.6 is 0 Å². The monoisotopic (exact) mass is 236 g/mol. The Labute approximate surface area is 102 Å². The number of carbonyl (C=O) groups excluding carboxylic acids is 1. The molecule has 0 saturated carbocycles. The Balaban J connectivity index is 2.11. The summed E-state index contributed by atoms with van der Waals surface area (Å²) in [6.45, 7) is 9.54. The number of aromatic amines is 1. The highest BCUT2D eigenvalue weighted by Crippen LogP contribution is 2.20. The van der Waals surface area contributed by atoms with Crippen molar-refractivity contribution in [2.75, 3.05) is 26.2 Å². The molecule has 94 valence electrons. The van der Waals surface area contributed by atoms with Crippen LogP contribution in [0.3, 0.4) is 0 Å². The predicted octanol–water partition coefficient (Wildman–Crippen LogP) is 0.753. The van der Waals surface area contributed by atoms with E-state index in [4.69, 9.17) is 0 Å². The molecule has 0 aromatic carbocycles. The van der Waals surface area contributed by atoms with Crippen LogP contribution in [0.4, 0.5) is 0 Å². The summed E-state index contributed by atoms with van der Waals surface area (Å²) < 4.78 is 0. The van der Waals surface area contributed by atoms with E-state index >= 15 is 0 Å². The van der Waals surface area contributed by atoms with Crippen LogP contribution < -0.4 is 5.32 Å². The largest absolute Gasteiger partial charge is 0.335 e. The quantitative estimate of drug-likeness (QED) is 0.756. The molecule has 0 spiro atoms. The zero-order valence-electron chi connectivity index (χ0n) is 10.7. The molecular weight excluding hydrogens is 216 g/mol. The Kier molecular flexibility index (Phi) is 3.19. The van der Waals surface area contributed by atoms with Crippen molar-refractivity contribution in [3.05, 3.63) is 17.5 Å². The van der Waals surface area contributed by atoms with Crippen molar-refractivity contribution >= 4 is 5.91 Å². The molecule has 0 unspecified atom stereocenters. The average molecular weight is 236 g/mol. The van der Waals surface area contributed by atoms with E-state index in [2.05, 4.69) is 36.3 Å². The SMILES string of the molecule is CC(C)(C)c1cc(C(=O)N2CCNCC2)n[nH]1. The van der Waals surface area contributed by atoms with Crippen molar-refractivity contribution in [3.8, 4) is 0 Å². The van der Waals surface area contributed by atoms with Crippen molar-refractivity contribution < 1.29 is 4.79 Å². The van der Waals surface area contributed by atoms with E-state index in [1.165, 1.54) is 0 Å². The fraction of sp³-hybridized carbons (Fsp3) is 0.667. The number of carbonyl (C=O) groups is 1. The van der Waals surface area contributed by atoms with Gasteiger partial charge in [-0.15, -0.1) is 0 Å². The summed E-state index contributed by atoms with van der Waals surface area (Å²) in [5.74, 6) is 0.0262. The van der Waals surface area contributed by atoms with Crippen molar-refractivity contribution in [1.29, 1.82) is 0 Å². The van der Waals surface area contributed by atoms with Gasteiger partial charge in [0.05, 0.1) is 0 Å². The van der Waals surface area contributed by atoms with Gasteiger partial charge in [-0.1, -0.05) is 20.8 Å². The molecule has 1 aliphatic rings. The maximum Gasteiger partial charge on any atom is 0.274 e. The first-order valence-corrected chi connectivity index (χ1v) is 6.04. The summed E-state index contributed by atoms with van der Waals surface area (Å²) in [5, 5.41) is 10.3. The molecule has 5 heteroatoms. The maximum absolute atomic E-state index is 12.2. The van der Waals surface area contributed by atoms with Gasteiger partial charge in [-0.3, -0.25) is 9.89 Å². The number of nitrogens with zero attached hydrogens (tertiary/aromatic N) is 2. The minimum absolute atomic E-state index is 0.00498. The van der Waals surface area contributed by atoms with Gasteiger partial charge in [-0.05, 0) is 6.07 Å². The van der Waals surface area contributed by atoms with E-state index in [1.54, 1.807) is 0 Å². The van der Waals surface area contributed by atoms with Crippen LogP contribution in [0, 0.1) is 0 Å². The zero-order chi connectivity index (χ0) is 12.5. The van der Waals surface area contributed by atoms with Crippen LogP contribution in [-0.4, -0.2) is 47.2 Å². The molecular formula is C12H20N4O. The molecule has 1 aromatic heterocycles. The van der Waals surface area contributed by atoms with E-state index in [0.717, 1.165) is 31.9 Å². The van der Waals surface area contributed by atoms with Gasteiger partial charge in [0, 0.05) is 37.3 Å². The highest BCUT2D eigenvalue weighted by atomic mass is 16.2. The van der Waals surface area contributed by atoms with Crippen molar-refractivity contribution in [2.45, 2.75) is 26.2 Å². The number of aromatic nitrogens is 2. The van der Waals surface area contributed by atoms with Crippen LogP contribution in [0.5, 0.6) is 0 Å². The number of hydrogen-bond donors (Lipinski definition) is 2. The third-order valence-electron chi connectivity index (χ3n) is 3.01. The molecule has 2 N–H and O–H groups in total. The van der Waals surface area contributed by atoms with Gasteiger partial charge in [0.2, 0.25) is 0 Å². The Hall–Kier alpha value is -1.36. The minimum Gasteiger partial charge on any atom is -0.335 e. The zero-order valence-corrected chi connectivity index (χ0v) is 10.7. The van der Waals surface area contributed by atoms with Gasteiger partial charge in [0.25, 0.3) is 5.91 Å². The Morgan fingerprint density at radius 2 is 2.00 bits per heavy atom. The summed E-state index contributed by atoms with van der Waals surface area (Å²) in [4.78, 5) is 14.0. The highest BCUT2D eigenvalue weighted by Gasteiger charge is 2.23. The Morgan fingerprint density at radius 3 is 2.53 bits per heavy atom. The third-order valence-corrected chi connectivity index (χ3v) is 3.01. The molecule has 1 saturated heterocycles. The standard InChI is InChI=1S/C12H20N4O/c1-12(2,3)10-8-9(14-15-10)11(17)16-6-4-13-5-7-16/h8,13H,4-7H2,1-3H3,(H,14,15). The number of piperazine rings is 1. The fourth-order valence-corrected chi connectivity index (χ4v) is 1.85. The summed E-state index contributed by atoms with van der Waals surface area (Å²) in [7, 11) is 0. The topological polar surface area (TPSA) is 61.0 Å². The molecule has 1 aliphatic heterocycles. The molecule has 5 nitrogen and oxygen atoms in total. The summed E-state index contributed by atoms with van der Waals surface area (Å²) in [5.41, 5.74) is 1.52. The lowest BCUT2D eigenvalue weighted by Gasteiger charge is -2.26. The van der Waals surface area contributed by atoms with E-state index < -0.39 is 0 Å². The molecule has 1 aromatic rings. The Bertz CT molecular complexity index is 399. The van der Waals surface area contributed by atoms with Crippen LogP contribution in [0.2, 0.25) is 0 Å². The number of amides is 1.